The van der Waals surface area contributed by atoms with Gasteiger partial charge < -0.3 is 5.11 Å². The number of nitrogens with one attached hydrogen (secondary N) is 2. The smallest absolute Gasteiger partial charge is 0.354 e. The highest BCUT2D eigenvalue weighted by atomic mass is 32.2. The van der Waals surface area contributed by atoms with E-state index in [4.69, 9.17) is 5.11 Å². The van der Waals surface area contributed by atoms with Crippen LogP contribution >= 0.6 is 0 Å². The van der Waals surface area contributed by atoms with Gasteiger partial charge in [-0.2, -0.15) is 13.1 Å². The van der Waals surface area contributed by atoms with Crippen LogP contribution in [0.1, 0.15) is 24.3 Å². The standard InChI is InChI=1S/C10H15N3O4S/c1-7(2)5-12-18(16,17)13-8-3-4-9(10(14)15)11-6-8/h3-4,6-7,12-13H,5H2,1-2H3,(H,14,15). The van der Waals surface area contributed by atoms with Gasteiger partial charge in [-0.05, 0) is 18.1 Å². The van der Waals surface area contributed by atoms with E-state index in [9.17, 15) is 13.2 Å². The third-order valence-electron chi connectivity index (χ3n) is 1.92. The van der Waals surface area contributed by atoms with Gasteiger partial charge in [-0.25, -0.2) is 9.78 Å². The average molecular weight is 273 g/mol. The normalized spacial score (nSPS) is 11.5. The summed E-state index contributed by atoms with van der Waals surface area (Å²) in [5, 5.41) is 8.64. The molecule has 0 spiro atoms. The van der Waals surface area contributed by atoms with E-state index >= 15 is 0 Å². The number of carbonyl (C=O) groups is 1. The number of pyridine rings is 1. The molecule has 1 rings (SSSR count). The number of nitrogens with zero attached hydrogens (tertiary/aromatic N) is 1. The van der Waals surface area contributed by atoms with Gasteiger partial charge in [0.15, 0.2) is 0 Å². The van der Waals surface area contributed by atoms with Crippen LogP contribution in [-0.4, -0.2) is 31.0 Å². The van der Waals surface area contributed by atoms with E-state index in [-0.39, 0.29) is 17.3 Å². The Balaban J connectivity index is 2.69. The molecule has 0 fully saturated rings. The summed E-state index contributed by atoms with van der Waals surface area (Å²) in [6, 6.07) is 2.56. The van der Waals surface area contributed by atoms with Gasteiger partial charge in [-0.15, -0.1) is 0 Å². The summed E-state index contributed by atoms with van der Waals surface area (Å²) in [4.78, 5) is 14.2. The second-order valence-electron chi connectivity index (χ2n) is 4.09. The van der Waals surface area contributed by atoms with Crippen molar-refractivity contribution in [2.45, 2.75) is 13.8 Å². The SMILES string of the molecule is CC(C)CNS(=O)(=O)Nc1ccc(C(=O)O)nc1. The Morgan fingerprint density at radius 3 is 2.56 bits per heavy atom. The summed E-state index contributed by atoms with van der Waals surface area (Å²) in [5.74, 6) is -0.976. The maximum atomic E-state index is 11.6. The maximum Gasteiger partial charge on any atom is 0.354 e. The molecule has 1 aromatic rings. The number of hydrogen-bond donors (Lipinski definition) is 3. The predicted molar refractivity (Wildman–Crippen MR) is 66.6 cm³/mol. The molecule has 0 aliphatic carbocycles. The molecule has 0 radical (unpaired) electrons. The summed E-state index contributed by atoms with van der Waals surface area (Å²) >= 11 is 0. The fourth-order valence-corrected chi connectivity index (χ4v) is 2.10. The number of anilines is 1. The molecule has 0 atom stereocenters. The lowest BCUT2D eigenvalue weighted by molar-refractivity contribution is 0.0690. The Kier molecular flexibility index (Phi) is 4.62. The average Bonchev–Trinajstić information content (AvgIpc) is 2.27. The van der Waals surface area contributed by atoms with E-state index in [1.807, 2.05) is 13.8 Å². The minimum Gasteiger partial charge on any atom is -0.477 e. The lowest BCUT2D eigenvalue weighted by atomic mass is 10.2. The van der Waals surface area contributed by atoms with Gasteiger partial charge in [0.05, 0.1) is 11.9 Å². The van der Waals surface area contributed by atoms with Crippen LogP contribution in [0.2, 0.25) is 0 Å². The molecule has 0 aromatic carbocycles. The van der Waals surface area contributed by atoms with Crippen LogP contribution in [0.4, 0.5) is 5.69 Å². The zero-order valence-electron chi connectivity index (χ0n) is 10.0. The molecule has 100 valence electrons. The van der Waals surface area contributed by atoms with Gasteiger partial charge >= 0.3 is 5.97 Å². The Bertz CT molecular complexity index is 510. The maximum absolute atomic E-state index is 11.6. The molecule has 0 saturated carbocycles. The molecule has 7 nitrogen and oxygen atoms in total. The Labute approximate surface area is 105 Å². The molecule has 0 amide bonds. The lowest BCUT2D eigenvalue weighted by Crippen LogP contribution is -2.32. The van der Waals surface area contributed by atoms with Gasteiger partial charge in [0.2, 0.25) is 0 Å². The van der Waals surface area contributed by atoms with E-state index < -0.39 is 16.2 Å². The molecular formula is C10H15N3O4S. The fourth-order valence-electron chi connectivity index (χ4n) is 1.05. The Hall–Kier alpha value is -1.67. The highest BCUT2D eigenvalue weighted by Crippen LogP contribution is 2.07. The third kappa shape index (κ3) is 4.68. The summed E-state index contributed by atoms with van der Waals surface area (Å²) in [6.07, 6.45) is 1.15. The molecule has 8 heteroatoms. The van der Waals surface area contributed by atoms with Crippen molar-refractivity contribution in [3.8, 4) is 0 Å². The first-order valence-electron chi connectivity index (χ1n) is 5.27. The van der Waals surface area contributed by atoms with Gasteiger partial charge in [-0.3, -0.25) is 4.72 Å². The van der Waals surface area contributed by atoms with E-state index in [2.05, 4.69) is 14.4 Å². The van der Waals surface area contributed by atoms with E-state index in [0.29, 0.717) is 6.54 Å². The molecule has 0 saturated heterocycles. The first-order valence-corrected chi connectivity index (χ1v) is 6.75. The van der Waals surface area contributed by atoms with Crippen LogP contribution in [0, 0.1) is 5.92 Å². The molecule has 0 aliphatic heterocycles. The van der Waals surface area contributed by atoms with Crippen molar-refractivity contribution in [1.29, 1.82) is 0 Å². The molecule has 1 aromatic heterocycles. The zero-order chi connectivity index (χ0) is 13.8. The fraction of sp³-hybridized carbons (Fsp3) is 0.400. The largest absolute Gasteiger partial charge is 0.477 e. The van der Waals surface area contributed by atoms with Crippen molar-refractivity contribution < 1.29 is 18.3 Å². The minimum absolute atomic E-state index is 0.145. The molecule has 0 aliphatic rings. The van der Waals surface area contributed by atoms with Crippen LogP contribution < -0.4 is 9.44 Å². The summed E-state index contributed by atoms with van der Waals surface area (Å²) in [6.45, 7) is 4.08. The second kappa shape index (κ2) is 5.78. The predicted octanol–water partition coefficient (Wildman–Crippen LogP) is 0.682. The number of rotatable bonds is 6. The van der Waals surface area contributed by atoms with Gasteiger partial charge in [0.25, 0.3) is 10.2 Å². The molecule has 3 N–H and O–H groups in total. The summed E-state index contributed by atoms with van der Waals surface area (Å²) in [7, 11) is -3.65. The van der Waals surface area contributed by atoms with Crippen LogP contribution in [0.25, 0.3) is 0 Å². The van der Waals surface area contributed by atoms with Crippen molar-refractivity contribution in [3.05, 3.63) is 24.0 Å². The minimum atomic E-state index is -3.65. The zero-order valence-corrected chi connectivity index (χ0v) is 10.9. The van der Waals surface area contributed by atoms with Crippen LogP contribution in [0.3, 0.4) is 0 Å². The third-order valence-corrected chi connectivity index (χ3v) is 2.97. The topological polar surface area (TPSA) is 108 Å². The molecule has 1 heterocycles. The van der Waals surface area contributed by atoms with Crippen molar-refractivity contribution in [1.82, 2.24) is 9.71 Å². The first kappa shape index (κ1) is 14.4. The van der Waals surface area contributed by atoms with Crippen LogP contribution in [0.5, 0.6) is 0 Å². The molecule has 0 unspecified atom stereocenters. The van der Waals surface area contributed by atoms with E-state index in [1.54, 1.807) is 0 Å². The molecule has 0 bridgehead atoms. The Morgan fingerprint density at radius 1 is 1.44 bits per heavy atom. The van der Waals surface area contributed by atoms with Crippen LogP contribution in [0.15, 0.2) is 18.3 Å². The van der Waals surface area contributed by atoms with Gasteiger partial charge in [0.1, 0.15) is 5.69 Å². The number of carboxylic acid groups (broad SMARTS) is 1. The molecule has 18 heavy (non-hydrogen) atoms. The second-order valence-corrected chi connectivity index (χ2v) is 5.58. The Morgan fingerprint density at radius 2 is 2.11 bits per heavy atom. The quantitative estimate of drug-likeness (QED) is 0.706. The van der Waals surface area contributed by atoms with Gasteiger partial charge in [0, 0.05) is 6.54 Å². The number of aromatic carboxylic acids is 1. The van der Waals surface area contributed by atoms with E-state index in [0.717, 1.165) is 6.20 Å². The summed E-state index contributed by atoms with van der Waals surface area (Å²) in [5.41, 5.74) is 0.0596. The van der Waals surface area contributed by atoms with Crippen molar-refractivity contribution in [2.75, 3.05) is 11.3 Å². The van der Waals surface area contributed by atoms with Crippen molar-refractivity contribution in [2.24, 2.45) is 5.92 Å². The van der Waals surface area contributed by atoms with Crippen molar-refractivity contribution in [3.63, 3.8) is 0 Å². The van der Waals surface area contributed by atoms with Gasteiger partial charge in [-0.1, -0.05) is 13.8 Å². The summed E-state index contributed by atoms with van der Waals surface area (Å²) < 4.78 is 27.7. The number of aromatic nitrogens is 1. The molecular weight excluding hydrogens is 258 g/mol. The monoisotopic (exact) mass is 273 g/mol. The number of hydrogen-bond acceptors (Lipinski definition) is 4. The van der Waals surface area contributed by atoms with Crippen molar-refractivity contribution >= 4 is 21.9 Å². The first-order chi connectivity index (χ1) is 8.30. The highest BCUT2D eigenvalue weighted by Gasteiger charge is 2.11. The van der Waals surface area contributed by atoms with E-state index in [1.165, 1.54) is 12.1 Å². The number of carboxylic acids is 1. The lowest BCUT2D eigenvalue weighted by Gasteiger charge is -2.10. The van der Waals surface area contributed by atoms with Crippen LogP contribution in [-0.2, 0) is 10.2 Å². The highest BCUT2D eigenvalue weighted by molar-refractivity contribution is 7.90.